The predicted octanol–water partition coefficient (Wildman–Crippen LogP) is 2.58. The van der Waals surface area contributed by atoms with Gasteiger partial charge in [-0.05, 0) is 49.2 Å². The van der Waals surface area contributed by atoms with Gasteiger partial charge in [-0.2, -0.15) is 4.31 Å². The lowest BCUT2D eigenvalue weighted by molar-refractivity contribution is -0.117. The smallest absolute Gasteiger partial charge is 0.243 e. The van der Waals surface area contributed by atoms with Crippen LogP contribution in [0.3, 0.4) is 0 Å². The minimum Gasteiger partial charge on any atom is -0.469 e. The Morgan fingerprint density at radius 3 is 2.52 bits per heavy atom. The fourth-order valence-electron chi connectivity index (χ4n) is 3.57. The third-order valence-electron chi connectivity index (χ3n) is 4.96. The van der Waals surface area contributed by atoms with Gasteiger partial charge in [0.25, 0.3) is 0 Å². The highest BCUT2D eigenvalue weighted by atomic mass is 32.2. The first-order valence-corrected chi connectivity index (χ1v) is 9.94. The summed E-state index contributed by atoms with van der Waals surface area (Å²) in [6, 6.07) is 10.3. The Labute approximate surface area is 147 Å². The maximum Gasteiger partial charge on any atom is 0.243 e. The molecule has 2 aromatic rings. The average Bonchev–Trinajstić information content (AvgIpc) is 3.36. The van der Waals surface area contributed by atoms with Gasteiger partial charge in [-0.3, -0.25) is 4.79 Å². The number of anilines is 1. The first-order chi connectivity index (χ1) is 12.1. The van der Waals surface area contributed by atoms with E-state index < -0.39 is 10.0 Å². The molecule has 2 fully saturated rings. The van der Waals surface area contributed by atoms with Crippen molar-refractivity contribution in [3.8, 4) is 0 Å². The summed E-state index contributed by atoms with van der Waals surface area (Å²) < 4.78 is 32.6. The summed E-state index contributed by atoms with van der Waals surface area (Å²) in [4.78, 5) is 13.8. The molecule has 0 spiro atoms. The maximum atomic E-state index is 12.9. The van der Waals surface area contributed by atoms with E-state index in [-0.39, 0.29) is 16.7 Å². The summed E-state index contributed by atoms with van der Waals surface area (Å²) in [7, 11) is -3.53. The Hall–Kier alpha value is -2.12. The molecule has 2 saturated heterocycles. The monoisotopic (exact) mass is 360 g/mol. The molecule has 0 radical (unpaired) electrons. The molecule has 6 nitrogen and oxygen atoms in total. The number of hydrogen-bond donors (Lipinski definition) is 0. The fourth-order valence-corrected chi connectivity index (χ4v) is 5.07. The van der Waals surface area contributed by atoms with Gasteiger partial charge in [0, 0.05) is 37.7 Å². The van der Waals surface area contributed by atoms with Crippen molar-refractivity contribution in [1.29, 1.82) is 0 Å². The molecule has 3 heterocycles. The van der Waals surface area contributed by atoms with E-state index in [1.165, 1.54) is 4.31 Å². The standard InChI is InChI=1S/C18H20N2O4S/c21-18-4-1-10-20(18)15-5-7-16(8-6-15)25(22,23)19-11-9-14(13-19)17-3-2-12-24-17/h2-3,5-8,12,14H,1,4,9-11,13H2. The number of carbonyl (C=O) groups is 1. The second kappa shape index (κ2) is 6.31. The van der Waals surface area contributed by atoms with E-state index >= 15 is 0 Å². The maximum absolute atomic E-state index is 12.9. The minimum atomic E-state index is -3.53. The van der Waals surface area contributed by atoms with Gasteiger partial charge < -0.3 is 9.32 Å². The highest BCUT2D eigenvalue weighted by Gasteiger charge is 2.34. The molecule has 0 N–H and O–H groups in total. The molecular weight excluding hydrogens is 340 g/mol. The Balaban J connectivity index is 1.51. The van der Waals surface area contributed by atoms with E-state index in [2.05, 4.69) is 0 Å². The quantitative estimate of drug-likeness (QED) is 0.840. The van der Waals surface area contributed by atoms with E-state index in [0.717, 1.165) is 24.3 Å². The normalized spacial score (nSPS) is 22.0. The molecule has 1 amide bonds. The number of carbonyl (C=O) groups excluding carboxylic acids is 1. The number of benzene rings is 1. The number of amides is 1. The molecule has 4 rings (SSSR count). The summed E-state index contributed by atoms with van der Waals surface area (Å²) in [5.41, 5.74) is 0.760. The van der Waals surface area contributed by atoms with Crippen LogP contribution in [0.25, 0.3) is 0 Å². The van der Waals surface area contributed by atoms with Gasteiger partial charge in [0.1, 0.15) is 5.76 Å². The lowest BCUT2D eigenvalue weighted by atomic mass is 10.1. The SMILES string of the molecule is O=C1CCCN1c1ccc(S(=O)(=O)N2CCC(c3ccco3)C2)cc1. The Kier molecular flexibility index (Phi) is 4.13. The van der Waals surface area contributed by atoms with Crippen LogP contribution in [0.15, 0.2) is 52.0 Å². The Morgan fingerprint density at radius 1 is 1.08 bits per heavy atom. The van der Waals surface area contributed by atoms with Crippen molar-refractivity contribution in [2.75, 3.05) is 24.5 Å². The van der Waals surface area contributed by atoms with Crippen molar-refractivity contribution < 1.29 is 17.6 Å². The third kappa shape index (κ3) is 2.98. The van der Waals surface area contributed by atoms with Crippen molar-refractivity contribution in [2.45, 2.75) is 30.1 Å². The molecule has 7 heteroatoms. The van der Waals surface area contributed by atoms with Crippen molar-refractivity contribution in [2.24, 2.45) is 0 Å². The molecule has 1 unspecified atom stereocenters. The summed E-state index contributed by atoms with van der Waals surface area (Å²) in [6.45, 7) is 1.62. The zero-order valence-corrected chi connectivity index (χ0v) is 14.6. The van der Waals surface area contributed by atoms with Crippen molar-refractivity contribution in [1.82, 2.24) is 4.31 Å². The predicted molar refractivity (Wildman–Crippen MR) is 92.9 cm³/mol. The summed E-state index contributed by atoms with van der Waals surface area (Å²) in [6.07, 6.45) is 3.78. The van der Waals surface area contributed by atoms with Crippen LogP contribution in [0.4, 0.5) is 5.69 Å². The number of sulfonamides is 1. The second-order valence-electron chi connectivity index (χ2n) is 6.51. The molecule has 25 heavy (non-hydrogen) atoms. The van der Waals surface area contributed by atoms with Gasteiger partial charge >= 0.3 is 0 Å². The summed E-state index contributed by atoms with van der Waals surface area (Å²) in [5.74, 6) is 1.03. The molecule has 0 aliphatic carbocycles. The average molecular weight is 360 g/mol. The van der Waals surface area contributed by atoms with E-state index in [1.807, 2.05) is 12.1 Å². The highest BCUT2D eigenvalue weighted by Crippen LogP contribution is 2.32. The highest BCUT2D eigenvalue weighted by molar-refractivity contribution is 7.89. The van der Waals surface area contributed by atoms with E-state index in [0.29, 0.717) is 26.1 Å². The Bertz CT molecular complexity index is 859. The second-order valence-corrected chi connectivity index (χ2v) is 8.44. The summed E-state index contributed by atoms with van der Waals surface area (Å²) in [5, 5.41) is 0. The zero-order valence-electron chi connectivity index (χ0n) is 13.8. The molecule has 132 valence electrons. The van der Waals surface area contributed by atoms with Crippen LogP contribution in [0.5, 0.6) is 0 Å². The van der Waals surface area contributed by atoms with E-state index in [9.17, 15) is 13.2 Å². The van der Waals surface area contributed by atoms with Crippen LogP contribution in [-0.4, -0.2) is 38.3 Å². The molecule has 1 atom stereocenters. The molecule has 0 saturated carbocycles. The van der Waals surface area contributed by atoms with Crippen LogP contribution >= 0.6 is 0 Å². The van der Waals surface area contributed by atoms with Gasteiger partial charge in [0.05, 0.1) is 11.2 Å². The van der Waals surface area contributed by atoms with Gasteiger partial charge in [-0.25, -0.2) is 8.42 Å². The van der Waals surface area contributed by atoms with Crippen LogP contribution in [-0.2, 0) is 14.8 Å². The fraction of sp³-hybridized carbons (Fsp3) is 0.389. The number of nitrogens with zero attached hydrogens (tertiary/aromatic N) is 2. The number of rotatable bonds is 4. The van der Waals surface area contributed by atoms with Crippen LogP contribution in [0, 0.1) is 0 Å². The van der Waals surface area contributed by atoms with Gasteiger partial charge in [-0.15, -0.1) is 0 Å². The van der Waals surface area contributed by atoms with E-state index in [4.69, 9.17) is 4.42 Å². The molecule has 2 aliphatic rings. The topological polar surface area (TPSA) is 70.8 Å². The van der Waals surface area contributed by atoms with Crippen molar-refractivity contribution in [3.05, 3.63) is 48.4 Å². The zero-order chi connectivity index (χ0) is 17.4. The van der Waals surface area contributed by atoms with Crippen LogP contribution < -0.4 is 4.90 Å². The molecule has 1 aromatic carbocycles. The number of furan rings is 1. The molecule has 0 bridgehead atoms. The molecule has 1 aromatic heterocycles. The van der Waals surface area contributed by atoms with Gasteiger partial charge in [0.15, 0.2) is 0 Å². The first kappa shape index (κ1) is 16.4. The minimum absolute atomic E-state index is 0.0939. The largest absolute Gasteiger partial charge is 0.469 e. The first-order valence-electron chi connectivity index (χ1n) is 8.50. The third-order valence-corrected chi connectivity index (χ3v) is 6.84. The lowest BCUT2D eigenvalue weighted by Gasteiger charge is -2.18. The van der Waals surface area contributed by atoms with Crippen molar-refractivity contribution in [3.63, 3.8) is 0 Å². The van der Waals surface area contributed by atoms with Crippen LogP contribution in [0.1, 0.15) is 30.9 Å². The number of hydrogen-bond acceptors (Lipinski definition) is 4. The van der Waals surface area contributed by atoms with Crippen molar-refractivity contribution >= 4 is 21.6 Å². The molecular formula is C18H20N2O4S. The Morgan fingerprint density at radius 2 is 1.88 bits per heavy atom. The summed E-state index contributed by atoms with van der Waals surface area (Å²) >= 11 is 0. The molecule has 2 aliphatic heterocycles. The lowest BCUT2D eigenvalue weighted by Crippen LogP contribution is -2.29. The van der Waals surface area contributed by atoms with Crippen LogP contribution in [0.2, 0.25) is 0 Å². The van der Waals surface area contributed by atoms with E-state index in [1.54, 1.807) is 35.4 Å². The van der Waals surface area contributed by atoms with Gasteiger partial charge in [-0.1, -0.05) is 0 Å². The van der Waals surface area contributed by atoms with Gasteiger partial charge in [0.2, 0.25) is 15.9 Å².